The van der Waals surface area contributed by atoms with Gasteiger partial charge in [-0.1, -0.05) is 0 Å². The van der Waals surface area contributed by atoms with E-state index in [1.54, 1.807) is 0 Å². The Kier molecular flexibility index (Phi) is 24.4. The van der Waals surface area contributed by atoms with Crippen LogP contribution in [0.3, 0.4) is 0 Å². The van der Waals surface area contributed by atoms with E-state index in [9.17, 15) is 0 Å². The van der Waals surface area contributed by atoms with Crippen LogP contribution in [0.1, 0.15) is 0 Å². The van der Waals surface area contributed by atoms with Gasteiger partial charge in [-0.05, 0) is 0 Å². The fourth-order valence-electron chi connectivity index (χ4n) is 0. The molecule has 0 aromatic carbocycles. The first-order chi connectivity index (χ1) is 2.00. The van der Waals surface area contributed by atoms with Crippen LogP contribution in [0.15, 0.2) is 0 Å². The summed E-state index contributed by atoms with van der Waals surface area (Å²) in [6.45, 7) is 0. The zero-order chi connectivity index (χ0) is 4.50. The Morgan fingerprint density at radius 1 is 1.12 bits per heavy atom. The van der Waals surface area contributed by atoms with E-state index in [1.165, 1.54) is 0 Å². The van der Waals surface area contributed by atoms with Crippen molar-refractivity contribution in [1.82, 2.24) is 0 Å². The molecule has 0 aliphatic carbocycles. The summed E-state index contributed by atoms with van der Waals surface area (Å²) < 4.78 is 31.6. The van der Waals surface area contributed by atoms with Gasteiger partial charge in [0.25, 0.3) is 0 Å². The molecule has 0 unspecified atom stereocenters. The van der Waals surface area contributed by atoms with Crippen molar-refractivity contribution in [2.75, 3.05) is 0 Å². The third kappa shape index (κ3) is 128. The zero-order valence-electron chi connectivity index (χ0n) is 2.92. The predicted molar refractivity (Wildman–Crippen MR) is 26.3 cm³/mol. The van der Waals surface area contributed by atoms with Gasteiger partial charge in [-0.2, -0.15) is 8.42 Å². The molecular weight excluding hydrogens is 216 g/mol. The second-order valence-electron chi connectivity index (χ2n) is 0.448. The van der Waals surface area contributed by atoms with Gasteiger partial charge in [-0.15, -0.1) is 0 Å². The molecule has 1 radical (unpaired) electrons. The average molecular weight is 222 g/mol. The zero-order valence-corrected chi connectivity index (χ0v) is 4.68. The first-order valence-electron chi connectivity index (χ1n) is 0.698. The van der Waals surface area contributed by atoms with Crippen LogP contribution in [0.2, 0.25) is 0 Å². The number of hydrogen-bond donors (Lipinski definition) is 2. The fraction of sp³-hybridized carbons (Fsp3) is 0. The molecule has 0 atom stereocenters. The van der Waals surface area contributed by atoms with Gasteiger partial charge in [0.1, 0.15) is 0 Å². The topological polar surface area (TPSA) is 106 Å². The Labute approximate surface area is 87.2 Å². The van der Waals surface area contributed by atoms with Crippen molar-refractivity contribution in [1.29, 1.82) is 0 Å². The molecule has 0 spiro atoms. The summed E-state index contributed by atoms with van der Waals surface area (Å²) in [5, 5.41) is 0. The van der Waals surface area contributed by atoms with Gasteiger partial charge >= 0.3 is 48.1 Å². The van der Waals surface area contributed by atoms with E-state index in [-0.39, 0.29) is 60.3 Å². The van der Waals surface area contributed by atoms with Crippen molar-refractivity contribution in [2.24, 2.45) is 0 Å². The maximum Gasteiger partial charge on any atom is 0 e. The van der Waals surface area contributed by atoms with Gasteiger partial charge in [0.2, 0.25) is 0 Å². The Hall–Kier alpha value is 1.61. The fourth-order valence-corrected chi connectivity index (χ4v) is 0. The van der Waals surface area contributed by atoms with E-state index in [2.05, 4.69) is 0 Å². The molecule has 4 N–H and O–H groups in total. The Bertz CT molecular complexity index is 95.6. The predicted octanol–water partition coefficient (Wildman–Crippen LogP) is -2.40. The molecule has 0 amide bonds. The SMILES string of the molecule is O.O=S(=O)(O)O.[CaH2].[Cu]. The molecule has 8 heteroatoms. The van der Waals surface area contributed by atoms with Crippen LogP contribution in [0.5, 0.6) is 0 Å². The third-order valence-corrected chi connectivity index (χ3v) is 0. The summed E-state index contributed by atoms with van der Waals surface area (Å²) in [5.41, 5.74) is 0. The van der Waals surface area contributed by atoms with Crippen LogP contribution in [-0.2, 0) is 27.5 Å². The molecule has 0 aliphatic heterocycles. The summed E-state index contributed by atoms with van der Waals surface area (Å²) in [5.74, 6) is 0. The molecule has 0 rings (SSSR count). The van der Waals surface area contributed by atoms with E-state index >= 15 is 0 Å². The van der Waals surface area contributed by atoms with Gasteiger partial charge in [-0.25, -0.2) is 0 Å². The molecule has 0 heterocycles. The van der Waals surface area contributed by atoms with Gasteiger partial charge in [0.15, 0.2) is 0 Å². The first kappa shape index (κ1) is 22.6. The summed E-state index contributed by atoms with van der Waals surface area (Å²) in [7, 11) is -4.67. The molecule has 0 saturated heterocycles. The monoisotopic (exact) mass is 221 g/mol. The van der Waals surface area contributed by atoms with Crippen LogP contribution in [0.4, 0.5) is 0 Å². The second-order valence-corrected chi connectivity index (χ2v) is 1.34. The molecular formula is H6CaCuO5S. The van der Waals surface area contributed by atoms with Gasteiger partial charge in [-0.3, -0.25) is 9.11 Å². The Morgan fingerprint density at radius 3 is 1.12 bits per heavy atom. The van der Waals surface area contributed by atoms with Crippen molar-refractivity contribution in [2.45, 2.75) is 0 Å². The quantitative estimate of drug-likeness (QED) is 0.352. The van der Waals surface area contributed by atoms with Crippen LogP contribution in [0, 0.1) is 0 Å². The van der Waals surface area contributed by atoms with Gasteiger partial charge in [0.05, 0.1) is 0 Å². The van der Waals surface area contributed by atoms with Gasteiger partial charge < -0.3 is 5.48 Å². The van der Waals surface area contributed by atoms with E-state index in [0.29, 0.717) is 0 Å². The Balaban J connectivity index is -0.0000000267. The molecule has 0 aromatic rings. The molecule has 8 heavy (non-hydrogen) atoms. The molecule has 5 nitrogen and oxygen atoms in total. The minimum Gasteiger partial charge on any atom is 0 e. The number of hydrogen-bond acceptors (Lipinski definition) is 2. The second kappa shape index (κ2) is 8.61. The van der Waals surface area contributed by atoms with Crippen molar-refractivity contribution >= 4 is 48.1 Å². The standard InChI is InChI=1S/Ca.Cu.H2O4S.H2O.2H/c;;1-5(2,3)4;;;/h;;(H2,1,2,3,4);1H2;;. The average Bonchev–Trinajstić information content (AvgIpc) is 0.722. The molecule has 0 aliphatic rings. The van der Waals surface area contributed by atoms with Crippen molar-refractivity contribution in [3.05, 3.63) is 0 Å². The van der Waals surface area contributed by atoms with Crippen molar-refractivity contribution in [3.8, 4) is 0 Å². The van der Waals surface area contributed by atoms with Crippen LogP contribution in [0.25, 0.3) is 0 Å². The minimum atomic E-state index is -4.67. The summed E-state index contributed by atoms with van der Waals surface area (Å²) in [6.07, 6.45) is 0. The molecule has 0 aromatic heterocycles. The third-order valence-electron chi connectivity index (χ3n) is 0. The molecule has 55 valence electrons. The van der Waals surface area contributed by atoms with Crippen molar-refractivity contribution < 1.29 is 40.1 Å². The summed E-state index contributed by atoms with van der Waals surface area (Å²) in [6, 6.07) is 0. The van der Waals surface area contributed by atoms with E-state index in [4.69, 9.17) is 17.5 Å². The molecule has 0 bridgehead atoms. The maximum absolute atomic E-state index is 8.74. The maximum atomic E-state index is 8.74. The largest absolute Gasteiger partial charge is 0 e. The van der Waals surface area contributed by atoms with Crippen LogP contribution < -0.4 is 0 Å². The molecule has 0 saturated carbocycles. The Morgan fingerprint density at radius 2 is 1.12 bits per heavy atom. The van der Waals surface area contributed by atoms with E-state index in [0.717, 1.165) is 0 Å². The van der Waals surface area contributed by atoms with Crippen LogP contribution >= 0.6 is 0 Å². The smallest absolute Gasteiger partial charge is 0 e. The normalized spacial score (nSPS) is 7.25. The number of rotatable bonds is 0. The van der Waals surface area contributed by atoms with Crippen molar-refractivity contribution in [3.63, 3.8) is 0 Å². The van der Waals surface area contributed by atoms with Crippen LogP contribution in [-0.4, -0.2) is 60.7 Å². The first-order valence-corrected chi connectivity index (χ1v) is 2.10. The molecule has 0 fully saturated rings. The summed E-state index contributed by atoms with van der Waals surface area (Å²) in [4.78, 5) is 0. The van der Waals surface area contributed by atoms with Gasteiger partial charge in [0, 0.05) is 17.1 Å². The minimum absolute atomic E-state index is 0. The summed E-state index contributed by atoms with van der Waals surface area (Å²) >= 11 is 0. The van der Waals surface area contributed by atoms with E-state index < -0.39 is 10.4 Å². The van der Waals surface area contributed by atoms with E-state index in [1.807, 2.05) is 0 Å².